The standard InChI is InChI=1S/C12H12N2O7/c1-2-20-12(17)13-10(15)7-21-11(16)8-4-3-5-9(6-8)14(18)19/h3-6H,2,7H2,1H3,(H,13,15,17). The van der Waals surface area contributed by atoms with Crippen molar-refractivity contribution in [2.45, 2.75) is 6.92 Å². The van der Waals surface area contributed by atoms with Gasteiger partial charge in [-0.15, -0.1) is 0 Å². The van der Waals surface area contributed by atoms with Crippen molar-refractivity contribution in [1.29, 1.82) is 0 Å². The molecule has 0 heterocycles. The van der Waals surface area contributed by atoms with Crippen LogP contribution < -0.4 is 5.32 Å². The van der Waals surface area contributed by atoms with Gasteiger partial charge in [0.15, 0.2) is 6.61 Å². The lowest BCUT2D eigenvalue weighted by Gasteiger charge is -2.05. The average Bonchev–Trinajstić information content (AvgIpc) is 2.45. The third-order valence-electron chi connectivity index (χ3n) is 2.14. The number of rotatable bonds is 5. The van der Waals surface area contributed by atoms with Gasteiger partial charge >= 0.3 is 12.1 Å². The number of nitro groups is 1. The minimum Gasteiger partial charge on any atom is -0.452 e. The molecule has 0 atom stereocenters. The Hall–Kier alpha value is -2.97. The summed E-state index contributed by atoms with van der Waals surface area (Å²) >= 11 is 0. The molecule has 2 amide bonds. The normalized spacial score (nSPS) is 9.57. The van der Waals surface area contributed by atoms with E-state index in [9.17, 15) is 24.5 Å². The van der Waals surface area contributed by atoms with Crippen LogP contribution in [0.3, 0.4) is 0 Å². The van der Waals surface area contributed by atoms with Crippen LogP contribution in [0, 0.1) is 10.1 Å². The number of hydrogen-bond acceptors (Lipinski definition) is 7. The number of amides is 2. The minimum atomic E-state index is -0.950. The van der Waals surface area contributed by atoms with E-state index in [4.69, 9.17) is 0 Å². The largest absolute Gasteiger partial charge is 0.452 e. The lowest BCUT2D eigenvalue weighted by molar-refractivity contribution is -0.384. The number of carbonyl (C=O) groups is 3. The third kappa shape index (κ3) is 5.27. The molecule has 1 N–H and O–H groups in total. The van der Waals surface area contributed by atoms with Crippen LogP contribution in [0.1, 0.15) is 17.3 Å². The van der Waals surface area contributed by atoms with Gasteiger partial charge in [-0.1, -0.05) is 6.07 Å². The summed E-state index contributed by atoms with van der Waals surface area (Å²) in [7, 11) is 0. The number of esters is 1. The van der Waals surface area contributed by atoms with Crippen LogP contribution in [0.5, 0.6) is 0 Å². The predicted octanol–water partition coefficient (Wildman–Crippen LogP) is 1.02. The highest BCUT2D eigenvalue weighted by Crippen LogP contribution is 2.13. The van der Waals surface area contributed by atoms with Crippen molar-refractivity contribution >= 4 is 23.7 Å². The molecule has 0 fully saturated rings. The number of ether oxygens (including phenoxy) is 2. The Kier molecular flexibility index (Phi) is 5.80. The maximum atomic E-state index is 11.6. The number of carbonyl (C=O) groups excluding carboxylic acids is 3. The molecule has 0 aliphatic carbocycles. The van der Waals surface area contributed by atoms with Crippen LogP contribution in [0.2, 0.25) is 0 Å². The highest BCUT2D eigenvalue weighted by Gasteiger charge is 2.15. The first kappa shape index (κ1) is 16.1. The van der Waals surface area contributed by atoms with Gasteiger partial charge < -0.3 is 9.47 Å². The van der Waals surface area contributed by atoms with Crippen LogP contribution in [-0.4, -0.2) is 36.1 Å². The average molecular weight is 296 g/mol. The first-order chi connectivity index (χ1) is 9.93. The Bertz CT molecular complexity index is 570. The molecule has 0 spiro atoms. The molecule has 9 heteroatoms. The third-order valence-corrected chi connectivity index (χ3v) is 2.14. The fourth-order valence-corrected chi connectivity index (χ4v) is 1.28. The maximum Gasteiger partial charge on any atom is 0.413 e. The maximum absolute atomic E-state index is 11.6. The molecule has 9 nitrogen and oxygen atoms in total. The van der Waals surface area contributed by atoms with Crippen molar-refractivity contribution in [2.75, 3.05) is 13.2 Å². The second-order valence-corrected chi connectivity index (χ2v) is 3.65. The molecule has 112 valence electrons. The number of nitrogens with one attached hydrogen (secondary N) is 1. The van der Waals surface area contributed by atoms with Gasteiger partial charge in [-0.05, 0) is 13.0 Å². The summed E-state index contributed by atoms with van der Waals surface area (Å²) in [6.07, 6.45) is -0.950. The first-order valence-electron chi connectivity index (χ1n) is 5.82. The highest BCUT2D eigenvalue weighted by atomic mass is 16.6. The molecule has 1 rings (SSSR count). The zero-order valence-electron chi connectivity index (χ0n) is 11.0. The van der Waals surface area contributed by atoms with Crippen LogP contribution in [0.25, 0.3) is 0 Å². The minimum absolute atomic E-state index is 0.0758. The van der Waals surface area contributed by atoms with Crippen molar-refractivity contribution in [3.8, 4) is 0 Å². The second-order valence-electron chi connectivity index (χ2n) is 3.65. The van der Waals surface area contributed by atoms with Crippen LogP contribution in [0.15, 0.2) is 24.3 Å². The van der Waals surface area contributed by atoms with E-state index in [0.29, 0.717) is 0 Å². The number of non-ortho nitro benzene ring substituents is 1. The van der Waals surface area contributed by atoms with E-state index in [0.717, 1.165) is 6.07 Å². The molecule has 0 aromatic heterocycles. The molecular formula is C12H12N2O7. The van der Waals surface area contributed by atoms with E-state index in [1.54, 1.807) is 6.92 Å². The fourth-order valence-electron chi connectivity index (χ4n) is 1.28. The molecule has 1 aromatic rings. The van der Waals surface area contributed by atoms with Crippen molar-refractivity contribution < 1.29 is 28.8 Å². The smallest absolute Gasteiger partial charge is 0.413 e. The Balaban J connectivity index is 2.54. The van der Waals surface area contributed by atoms with Crippen molar-refractivity contribution in [2.24, 2.45) is 0 Å². The second kappa shape index (κ2) is 7.58. The number of nitro benzene ring substituents is 1. The summed E-state index contributed by atoms with van der Waals surface area (Å²) in [6, 6.07) is 4.85. The van der Waals surface area contributed by atoms with Crippen LogP contribution in [-0.2, 0) is 14.3 Å². The van der Waals surface area contributed by atoms with Gasteiger partial charge in [0, 0.05) is 12.1 Å². The molecule has 0 bridgehead atoms. The predicted molar refractivity (Wildman–Crippen MR) is 68.5 cm³/mol. The molecule has 0 aliphatic heterocycles. The summed E-state index contributed by atoms with van der Waals surface area (Å²) in [6.45, 7) is 0.944. The summed E-state index contributed by atoms with van der Waals surface area (Å²) in [5.41, 5.74) is -0.353. The van der Waals surface area contributed by atoms with E-state index >= 15 is 0 Å². The van der Waals surface area contributed by atoms with Gasteiger partial charge in [0.2, 0.25) is 0 Å². The van der Waals surface area contributed by atoms with Gasteiger partial charge in [0.1, 0.15) is 0 Å². The Morgan fingerprint density at radius 3 is 2.62 bits per heavy atom. The summed E-state index contributed by atoms with van der Waals surface area (Å²) in [4.78, 5) is 43.7. The van der Waals surface area contributed by atoms with Gasteiger partial charge in [0.25, 0.3) is 11.6 Å². The van der Waals surface area contributed by atoms with Gasteiger partial charge in [0.05, 0.1) is 17.1 Å². The molecule has 1 aromatic carbocycles. The number of hydrogen-bond donors (Lipinski definition) is 1. The molecule has 0 radical (unpaired) electrons. The van der Waals surface area contributed by atoms with E-state index < -0.39 is 29.5 Å². The summed E-state index contributed by atoms with van der Waals surface area (Å²) in [5.74, 6) is -1.79. The van der Waals surface area contributed by atoms with Gasteiger partial charge in [-0.25, -0.2) is 9.59 Å². The van der Waals surface area contributed by atoms with E-state index in [-0.39, 0.29) is 17.9 Å². The van der Waals surface area contributed by atoms with Crippen LogP contribution in [0.4, 0.5) is 10.5 Å². The zero-order chi connectivity index (χ0) is 15.8. The number of imide groups is 1. The summed E-state index contributed by atoms with van der Waals surface area (Å²) in [5, 5.41) is 12.4. The SMILES string of the molecule is CCOC(=O)NC(=O)COC(=O)c1cccc([N+](=O)[O-])c1. The zero-order valence-corrected chi connectivity index (χ0v) is 11.0. The molecule has 0 saturated heterocycles. The highest BCUT2D eigenvalue weighted by molar-refractivity contribution is 5.95. The molecule has 0 saturated carbocycles. The fraction of sp³-hybridized carbons (Fsp3) is 0.250. The van der Waals surface area contributed by atoms with Gasteiger partial charge in [-0.3, -0.25) is 20.2 Å². The van der Waals surface area contributed by atoms with E-state index in [1.807, 2.05) is 5.32 Å². The topological polar surface area (TPSA) is 125 Å². The van der Waals surface area contributed by atoms with Crippen molar-refractivity contribution in [3.05, 3.63) is 39.9 Å². The molecule has 0 aliphatic rings. The Morgan fingerprint density at radius 1 is 1.29 bits per heavy atom. The van der Waals surface area contributed by atoms with Crippen molar-refractivity contribution in [1.82, 2.24) is 5.32 Å². The summed E-state index contributed by atoms with van der Waals surface area (Å²) < 4.78 is 9.08. The molecule has 0 unspecified atom stereocenters. The van der Waals surface area contributed by atoms with E-state index in [2.05, 4.69) is 9.47 Å². The van der Waals surface area contributed by atoms with E-state index in [1.165, 1.54) is 18.2 Å². The monoisotopic (exact) mass is 296 g/mol. The Morgan fingerprint density at radius 2 is 2.00 bits per heavy atom. The molecular weight excluding hydrogens is 284 g/mol. The lowest BCUT2D eigenvalue weighted by atomic mass is 10.2. The van der Waals surface area contributed by atoms with Gasteiger partial charge in [-0.2, -0.15) is 0 Å². The van der Waals surface area contributed by atoms with Crippen molar-refractivity contribution in [3.63, 3.8) is 0 Å². The Labute approximate surface area is 119 Å². The molecule has 21 heavy (non-hydrogen) atoms. The number of benzene rings is 1. The lowest BCUT2D eigenvalue weighted by Crippen LogP contribution is -2.34. The number of alkyl carbamates (subject to hydrolysis) is 1. The quantitative estimate of drug-likeness (QED) is 0.488. The van der Waals surface area contributed by atoms with Crippen LogP contribution >= 0.6 is 0 Å². The number of nitrogens with zero attached hydrogens (tertiary/aromatic N) is 1. The first-order valence-corrected chi connectivity index (χ1v) is 5.82.